The zero-order valence-corrected chi connectivity index (χ0v) is 37.9. The highest BCUT2D eigenvalue weighted by Gasteiger charge is 2.22. The number of nitrogens with zero attached hydrogens (tertiary/aromatic N) is 7. The van der Waals surface area contributed by atoms with Gasteiger partial charge in [-0.1, -0.05) is 84.4 Å². The van der Waals surface area contributed by atoms with E-state index in [0.717, 1.165) is 113 Å². The van der Waals surface area contributed by atoms with Crippen molar-refractivity contribution in [3.8, 4) is 11.3 Å². The molecule has 318 valence electrons. The van der Waals surface area contributed by atoms with Crippen LogP contribution < -0.4 is 20.4 Å². The van der Waals surface area contributed by atoms with Gasteiger partial charge in [0.05, 0.1) is 17.6 Å². The van der Waals surface area contributed by atoms with Gasteiger partial charge in [-0.2, -0.15) is 0 Å². The van der Waals surface area contributed by atoms with E-state index in [-0.39, 0.29) is 5.41 Å². The van der Waals surface area contributed by atoms with Crippen LogP contribution in [0.15, 0.2) is 113 Å². The van der Waals surface area contributed by atoms with Crippen LogP contribution in [0, 0.1) is 12.3 Å². The molecule has 2 aromatic heterocycles. The normalized spacial score (nSPS) is 16.4. The van der Waals surface area contributed by atoms with Gasteiger partial charge >= 0.3 is 0 Å². The Morgan fingerprint density at radius 1 is 0.850 bits per heavy atom. The molecule has 2 saturated heterocycles. The molecule has 2 aliphatic heterocycles. The lowest BCUT2D eigenvalue weighted by Crippen LogP contribution is -2.47. The molecule has 2 aliphatic rings. The molecule has 0 unspecified atom stereocenters. The van der Waals surface area contributed by atoms with Gasteiger partial charge in [-0.25, -0.2) is 15.0 Å². The van der Waals surface area contributed by atoms with E-state index in [1.165, 1.54) is 50.9 Å². The summed E-state index contributed by atoms with van der Waals surface area (Å²) in [6.45, 7) is 26.1. The highest BCUT2D eigenvalue weighted by Crippen LogP contribution is 2.30. The number of aryl methyl sites for hydroxylation is 1. The Labute approximate surface area is 360 Å². The maximum absolute atomic E-state index is 5.20. The third-order valence-corrected chi connectivity index (χ3v) is 11.5. The second kappa shape index (κ2) is 20.8. The van der Waals surface area contributed by atoms with Crippen LogP contribution in [-0.2, 0) is 12.8 Å². The zero-order valence-electron chi connectivity index (χ0n) is 37.9. The Kier molecular flexibility index (Phi) is 15.4. The molecule has 0 radical (unpaired) electrons. The van der Waals surface area contributed by atoms with E-state index in [1.807, 2.05) is 18.3 Å². The highest BCUT2D eigenvalue weighted by molar-refractivity contribution is 5.88. The average molecular weight is 808 g/mol. The fraction of sp³-hybridized carbons (Fsp3) is 0.451. The molecule has 2 fully saturated rings. The van der Waals surface area contributed by atoms with E-state index in [9.17, 15) is 0 Å². The Balaban J connectivity index is 0.992. The topological polar surface area (TPSA) is 84.8 Å². The summed E-state index contributed by atoms with van der Waals surface area (Å²) in [5, 5.41) is 7.08. The second-order valence-electron chi connectivity index (χ2n) is 17.6. The number of piperazine rings is 1. The summed E-state index contributed by atoms with van der Waals surface area (Å²) in [5.41, 5.74) is 13.4. The van der Waals surface area contributed by atoms with Gasteiger partial charge in [-0.15, -0.1) is 0 Å². The first-order chi connectivity index (χ1) is 28.9. The van der Waals surface area contributed by atoms with Crippen molar-refractivity contribution in [3.05, 3.63) is 125 Å². The van der Waals surface area contributed by atoms with Gasteiger partial charge in [0.1, 0.15) is 23.8 Å². The van der Waals surface area contributed by atoms with Gasteiger partial charge in [0, 0.05) is 91.9 Å². The number of aliphatic imine (C=N–C) groups is 1. The SMILES string of the molecule is CC/C=C1/CCN(c2ccc(CCN3CCN(c4ccc(Nc5cc(-c6ccc(C/C(CCC)=N/C(=C\CC)C(C)(C)C)c(C)c6)ncn5)nc4)CC3)cc2)C(=C(C)C)N1. The van der Waals surface area contributed by atoms with Crippen LogP contribution in [0.2, 0.25) is 0 Å². The molecule has 6 rings (SSSR count). The first kappa shape index (κ1) is 44.3. The number of benzene rings is 2. The molecular formula is C51H69N9. The van der Waals surface area contributed by atoms with Gasteiger partial charge in [-0.3, -0.25) is 9.89 Å². The summed E-state index contributed by atoms with van der Waals surface area (Å²) >= 11 is 0. The van der Waals surface area contributed by atoms with E-state index in [2.05, 4.69) is 158 Å². The first-order valence-corrected chi connectivity index (χ1v) is 22.3. The zero-order chi connectivity index (χ0) is 42.6. The van der Waals surface area contributed by atoms with Crippen molar-refractivity contribution in [2.24, 2.45) is 10.4 Å². The van der Waals surface area contributed by atoms with Crippen LogP contribution in [0.4, 0.5) is 23.0 Å². The van der Waals surface area contributed by atoms with Crippen molar-refractivity contribution in [2.75, 3.05) is 54.4 Å². The summed E-state index contributed by atoms with van der Waals surface area (Å²) in [6, 6.07) is 22.0. The molecule has 0 atom stereocenters. The molecular weight excluding hydrogens is 739 g/mol. The third kappa shape index (κ3) is 11.9. The molecule has 60 heavy (non-hydrogen) atoms. The predicted molar refractivity (Wildman–Crippen MR) is 254 cm³/mol. The first-order valence-electron chi connectivity index (χ1n) is 22.3. The number of nitrogens with one attached hydrogen (secondary N) is 2. The molecule has 2 N–H and O–H groups in total. The summed E-state index contributed by atoms with van der Waals surface area (Å²) in [5.74, 6) is 2.70. The fourth-order valence-electron chi connectivity index (χ4n) is 8.03. The predicted octanol–water partition coefficient (Wildman–Crippen LogP) is 11.4. The number of pyridine rings is 1. The van der Waals surface area contributed by atoms with E-state index in [1.54, 1.807) is 6.33 Å². The third-order valence-electron chi connectivity index (χ3n) is 11.5. The van der Waals surface area contributed by atoms with Crippen molar-refractivity contribution in [2.45, 2.75) is 107 Å². The molecule has 0 spiro atoms. The summed E-state index contributed by atoms with van der Waals surface area (Å²) in [7, 11) is 0. The van der Waals surface area contributed by atoms with Gasteiger partial charge in [-0.05, 0) is 99.0 Å². The average Bonchev–Trinajstić information content (AvgIpc) is 3.24. The maximum Gasteiger partial charge on any atom is 0.135 e. The minimum Gasteiger partial charge on any atom is -0.368 e. The summed E-state index contributed by atoms with van der Waals surface area (Å²) in [6.07, 6.45) is 15.3. The standard InChI is InChI=1S/C51H69N9/c1-10-13-42-25-27-60(50(56-42)37(4)5)44-20-16-39(17-21-44)24-26-58-28-30-59(31-29-58)45-22-23-48(52-35-45)57-49-34-46(53-36-54-49)41-19-18-40(38(6)32-41)33-43(14-11-2)55-47(15-12-3)51(7,8)9/h13,15-23,32,34-36,56H,10-12,14,24-31,33H2,1-9H3,(H,52,53,54,57)/b42-13-,47-15-,55-43+. The van der Waals surface area contributed by atoms with E-state index in [4.69, 9.17) is 9.98 Å². The number of allylic oxidation sites excluding steroid dienone is 4. The quantitative estimate of drug-likeness (QED) is 0.115. The van der Waals surface area contributed by atoms with Crippen LogP contribution in [0.5, 0.6) is 0 Å². The van der Waals surface area contributed by atoms with Crippen molar-refractivity contribution >= 4 is 28.7 Å². The lowest BCUT2D eigenvalue weighted by Gasteiger charge is -2.36. The lowest BCUT2D eigenvalue weighted by atomic mass is 9.91. The minimum absolute atomic E-state index is 0.0237. The molecule has 2 aromatic carbocycles. The lowest BCUT2D eigenvalue weighted by molar-refractivity contribution is 0.261. The molecule has 9 heteroatoms. The van der Waals surface area contributed by atoms with E-state index in [0.29, 0.717) is 0 Å². The molecule has 4 heterocycles. The molecule has 4 aromatic rings. The number of anilines is 4. The molecule has 0 amide bonds. The Morgan fingerprint density at radius 3 is 2.27 bits per heavy atom. The van der Waals surface area contributed by atoms with Crippen molar-refractivity contribution in [1.29, 1.82) is 0 Å². The molecule has 9 nitrogen and oxygen atoms in total. The van der Waals surface area contributed by atoms with Gasteiger partial charge in [0.25, 0.3) is 0 Å². The minimum atomic E-state index is 0.0237. The largest absolute Gasteiger partial charge is 0.368 e. The van der Waals surface area contributed by atoms with Gasteiger partial charge < -0.3 is 20.4 Å². The Bertz CT molecular complexity index is 2140. The van der Waals surface area contributed by atoms with E-state index >= 15 is 0 Å². The molecule has 0 saturated carbocycles. The van der Waals surface area contributed by atoms with E-state index < -0.39 is 0 Å². The number of aromatic nitrogens is 3. The Hall–Kier alpha value is -5.28. The summed E-state index contributed by atoms with van der Waals surface area (Å²) < 4.78 is 0. The Morgan fingerprint density at radius 2 is 1.62 bits per heavy atom. The van der Waals surface area contributed by atoms with Crippen molar-refractivity contribution in [1.82, 2.24) is 25.2 Å². The monoisotopic (exact) mass is 808 g/mol. The van der Waals surface area contributed by atoms with Crippen LogP contribution in [-0.4, -0.2) is 64.8 Å². The molecule has 0 bridgehead atoms. The van der Waals surface area contributed by atoms with Gasteiger partial charge in [0.2, 0.25) is 0 Å². The summed E-state index contributed by atoms with van der Waals surface area (Å²) in [4.78, 5) is 26.6. The number of hydrogen-bond acceptors (Lipinski definition) is 9. The van der Waals surface area contributed by atoms with Crippen LogP contribution in [0.1, 0.15) is 104 Å². The van der Waals surface area contributed by atoms with Crippen LogP contribution in [0.25, 0.3) is 11.3 Å². The highest BCUT2D eigenvalue weighted by atomic mass is 15.3. The van der Waals surface area contributed by atoms with Gasteiger partial charge in [0.15, 0.2) is 0 Å². The van der Waals surface area contributed by atoms with Crippen molar-refractivity contribution in [3.63, 3.8) is 0 Å². The second-order valence-corrected chi connectivity index (χ2v) is 17.6. The van der Waals surface area contributed by atoms with Crippen LogP contribution >= 0.6 is 0 Å². The van der Waals surface area contributed by atoms with Crippen molar-refractivity contribution < 1.29 is 0 Å². The molecule has 0 aliphatic carbocycles. The number of rotatable bonds is 15. The maximum atomic E-state index is 5.20. The fourth-order valence-corrected chi connectivity index (χ4v) is 8.03. The smallest absolute Gasteiger partial charge is 0.135 e. The number of hydrogen-bond donors (Lipinski definition) is 2. The van der Waals surface area contributed by atoms with Crippen LogP contribution in [0.3, 0.4) is 0 Å².